The SMILES string of the molecule is C.CCCC(F)(F)c1cc2c(cn1)C(C)(C)CN2C(=O)CN1C[C@@H](C)NC[C@@H]1CN1CCOC[C@H]1C. The zero-order valence-corrected chi connectivity index (χ0v) is 21.8. The van der Waals surface area contributed by atoms with Crippen LogP contribution >= 0.6 is 0 Å². The van der Waals surface area contributed by atoms with E-state index in [4.69, 9.17) is 4.74 Å². The fraction of sp³-hybridized carbons (Fsp3) is 0.778. The van der Waals surface area contributed by atoms with Gasteiger partial charge in [0.05, 0.1) is 25.4 Å². The van der Waals surface area contributed by atoms with Gasteiger partial charge in [-0.15, -0.1) is 0 Å². The quantitative estimate of drug-likeness (QED) is 0.606. The van der Waals surface area contributed by atoms with Gasteiger partial charge >= 0.3 is 0 Å². The van der Waals surface area contributed by atoms with E-state index in [9.17, 15) is 13.6 Å². The first-order valence-electron chi connectivity index (χ1n) is 13.0. The Kier molecular flexibility index (Phi) is 9.13. The molecule has 7 nitrogen and oxygen atoms in total. The number of carbonyl (C=O) groups excluding carboxylic acids is 1. The number of hydrogen-bond donors (Lipinski definition) is 1. The summed E-state index contributed by atoms with van der Waals surface area (Å²) in [6, 6.07) is 2.28. The summed E-state index contributed by atoms with van der Waals surface area (Å²) >= 11 is 0. The first-order chi connectivity index (χ1) is 16.5. The van der Waals surface area contributed by atoms with Crippen molar-refractivity contribution in [2.75, 3.05) is 57.4 Å². The molecule has 204 valence electrons. The second kappa shape index (κ2) is 11.4. The number of ether oxygens (including phenoxy) is 1. The van der Waals surface area contributed by atoms with Crippen molar-refractivity contribution in [3.8, 4) is 0 Å². The molecule has 1 N–H and O–H groups in total. The molecule has 1 aromatic heterocycles. The molecule has 0 unspecified atom stereocenters. The van der Waals surface area contributed by atoms with E-state index in [1.54, 1.807) is 18.0 Å². The molecule has 4 heterocycles. The number of nitrogens with one attached hydrogen (secondary N) is 1. The Balaban J connectivity index is 0.00000361. The maximum Gasteiger partial charge on any atom is 0.289 e. The van der Waals surface area contributed by atoms with Crippen molar-refractivity contribution in [1.29, 1.82) is 0 Å². The predicted octanol–water partition coefficient (Wildman–Crippen LogP) is 3.62. The lowest BCUT2D eigenvalue weighted by molar-refractivity contribution is -0.121. The molecule has 9 heteroatoms. The zero-order valence-electron chi connectivity index (χ0n) is 21.8. The van der Waals surface area contributed by atoms with Crippen LogP contribution in [0, 0.1) is 0 Å². The smallest absolute Gasteiger partial charge is 0.289 e. The second-order valence-electron chi connectivity index (χ2n) is 11.2. The Morgan fingerprint density at radius 3 is 2.75 bits per heavy atom. The van der Waals surface area contributed by atoms with Crippen LogP contribution in [0.2, 0.25) is 0 Å². The molecule has 3 aliphatic rings. The van der Waals surface area contributed by atoms with Crippen LogP contribution in [-0.4, -0.2) is 91.3 Å². The van der Waals surface area contributed by atoms with E-state index < -0.39 is 5.92 Å². The van der Waals surface area contributed by atoms with Gasteiger partial charge in [-0.1, -0.05) is 34.6 Å². The number of carbonyl (C=O) groups is 1. The predicted molar refractivity (Wildman–Crippen MR) is 140 cm³/mol. The number of morpholine rings is 1. The molecule has 0 aromatic carbocycles. The van der Waals surface area contributed by atoms with Crippen LogP contribution in [0.4, 0.5) is 14.5 Å². The highest BCUT2D eigenvalue weighted by atomic mass is 19.3. The highest BCUT2D eigenvalue weighted by molar-refractivity contribution is 5.97. The van der Waals surface area contributed by atoms with Crippen molar-refractivity contribution in [3.05, 3.63) is 23.5 Å². The van der Waals surface area contributed by atoms with Gasteiger partial charge < -0.3 is 15.0 Å². The summed E-state index contributed by atoms with van der Waals surface area (Å²) in [4.78, 5) is 24.2. The van der Waals surface area contributed by atoms with Gasteiger partial charge in [-0.05, 0) is 19.9 Å². The summed E-state index contributed by atoms with van der Waals surface area (Å²) in [6.45, 7) is 15.7. The number of rotatable bonds is 7. The van der Waals surface area contributed by atoms with E-state index in [-0.39, 0.29) is 49.5 Å². The van der Waals surface area contributed by atoms with Crippen LogP contribution in [-0.2, 0) is 20.9 Å². The number of amides is 1. The molecule has 3 atom stereocenters. The number of hydrogen-bond acceptors (Lipinski definition) is 6. The van der Waals surface area contributed by atoms with Crippen molar-refractivity contribution in [2.45, 2.75) is 84.4 Å². The standard InChI is InChI=1S/C26H41F2N5O2.CH4/c1-6-7-26(27,28)23-10-22-21(12-30-23)25(4,5)17-33(22)24(34)15-32-13-18(2)29-11-20(32)14-31-8-9-35-16-19(31)3;/h10,12,18-20,29H,6-9,11,13-17H2,1-5H3;1H4/t18-,19-,20-;/m1./s1. The monoisotopic (exact) mass is 509 g/mol. The van der Waals surface area contributed by atoms with Crippen molar-refractivity contribution in [3.63, 3.8) is 0 Å². The molecule has 0 saturated carbocycles. The normalized spacial score (nSPS) is 27.0. The van der Waals surface area contributed by atoms with Crippen LogP contribution < -0.4 is 10.2 Å². The molecule has 1 amide bonds. The van der Waals surface area contributed by atoms with Gasteiger partial charge in [0, 0.05) is 74.4 Å². The van der Waals surface area contributed by atoms with E-state index in [0.717, 1.165) is 45.0 Å². The molecule has 36 heavy (non-hydrogen) atoms. The van der Waals surface area contributed by atoms with Gasteiger partial charge in [0.15, 0.2) is 0 Å². The molecule has 0 bridgehead atoms. The first kappa shape index (κ1) is 28.9. The Morgan fingerprint density at radius 2 is 2.06 bits per heavy atom. The average Bonchev–Trinajstić information content (AvgIpc) is 3.07. The fourth-order valence-electron chi connectivity index (χ4n) is 5.59. The van der Waals surface area contributed by atoms with Gasteiger partial charge in [0.25, 0.3) is 5.92 Å². The van der Waals surface area contributed by atoms with Gasteiger partial charge in [-0.3, -0.25) is 19.6 Å². The van der Waals surface area contributed by atoms with Crippen LogP contribution in [0.25, 0.3) is 0 Å². The van der Waals surface area contributed by atoms with Gasteiger partial charge in [-0.25, -0.2) is 0 Å². The Hall–Kier alpha value is -1.68. The van der Waals surface area contributed by atoms with Gasteiger partial charge in [0.2, 0.25) is 5.91 Å². The van der Waals surface area contributed by atoms with E-state index in [1.807, 2.05) is 13.8 Å². The van der Waals surface area contributed by atoms with Crippen molar-refractivity contribution < 1.29 is 18.3 Å². The van der Waals surface area contributed by atoms with E-state index in [2.05, 4.69) is 33.9 Å². The van der Waals surface area contributed by atoms with Gasteiger partial charge in [0.1, 0.15) is 5.69 Å². The number of piperazine rings is 1. The fourth-order valence-corrected chi connectivity index (χ4v) is 5.59. The summed E-state index contributed by atoms with van der Waals surface area (Å²) in [5, 5.41) is 3.56. The molecular weight excluding hydrogens is 464 g/mol. The number of anilines is 1. The van der Waals surface area contributed by atoms with Crippen molar-refractivity contribution >= 4 is 11.6 Å². The molecule has 2 fully saturated rings. The molecule has 0 aliphatic carbocycles. The molecular formula is C27H45F2N5O2. The highest BCUT2D eigenvalue weighted by Crippen LogP contribution is 2.43. The minimum atomic E-state index is -3.00. The van der Waals surface area contributed by atoms with E-state index in [0.29, 0.717) is 24.7 Å². The minimum absolute atomic E-state index is 0. The Labute approximate surface area is 215 Å². The molecule has 2 saturated heterocycles. The number of alkyl halides is 2. The van der Waals surface area contributed by atoms with Crippen LogP contribution in [0.1, 0.15) is 66.1 Å². The lowest BCUT2D eigenvalue weighted by Gasteiger charge is -2.43. The van der Waals surface area contributed by atoms with Gasteiger partial charge in [-0.2, -0.15) is 8.78 Å². The number of fused-ring (bicyclic) bond motifs is 1. The van der Waals surface area contributed by atoms with E-state index >= 15 is 0 Å². The Morgan fingerprint density at radius 1 is 1.31 bits per heavy atom. The van der Waals surface area contributed by atoms with Crippen molar-refractivity contribution in [1.82, 2.24) is 20.1 Å². The molecule has 4 rings (SSSR count). The average molecular weight is 510 g/mol. The summed E-state index contributed by atoms with van der Waals surface area (Å²) in [5.41, 5.74) is 0.857. The summed E-state index contributed by atoms with van der Waals surface area (Å²) in [6.07, 6.45) is 1.66. The maximum atomic E-state index is 14.7. The third kappa shape index (κ3) is 6.06. The lowest BCUT2D eigenvalue weighted by atomic mass is 9.88. The molecule has 3 aliphatic heterocycles. The summed E-state index contributed by atoms with van der Waals surface area (Å²) < 4.78 is 34.9. The Bertz CT molecular complexity index is 912. The molecule has 1 aromatic rings. The number of halogens is 2. The van der Waals surface area contributed by atoms with Crippen LogP contribution in [0.15, 0.2) is 12.3 Å². The van der Waals surface area contributed by atoms with Crippen LogP contribution in [0.3, 0.4) is 0 Å². The summed E-state index contributed by atoms with van der Waals surface area (Å²) in [5.74, 6) is -3.04. The molecule has 0 spiro atoms. The number of pyridine rings is 1. The lowest BCUT2D eigenvalue weighted by Crippen LogP contribution is -2.62. The largest absolute Gasteiger partial charge is 0.379 e. The third-order valence-electron chi connectivity index (χ3n) is 7.71. The number of aromatic nitrogens is 1. The second-order valence-corrected chi connectivity index (χ2v) is 11.2. The highest BCUT2D eigenvalue weighted by Gasteiger charge is 2.42. The topological polar surface area (TPSA) is 60.9 Å². The third-order valence-corrected chi connectivity index (χ3v) is 7.71. The first-order valence-corrected chi connectivity index (χ1v) is 13.0. The number of nitrogens with zero attached hydrogens (tertiary/aromatic N) is 4. The molecule has 0 radical (unpaired) electrons. The zero-order chi connectivity index (χ0) is 25.4. The minimum Gasteiger partial charge on any atom is -0.379 e. The van der Waals surface area contributed by atoms with Crippen LogP contribution in [0.5, 0.6) is 0 Å². The summed E-state index contributed by atoms with van der Waals surface area (Å²) in [7, 11) is 0. The van der Waals surface area contributed by atoms with Crippen molar-refractivity contribution in [2.24, 2.45) is 0 Å². The maximum absolute atomic E-state index is 14.7. The van der Waals surface area contributed by atoms with E-state index in [1.165, 1.54) is 6.07 Å².